The van der Waals surface area contributed by atoms with Gasteiger partial charge >= 0.3 is 0 Å². The van der Waals surface area contributed by atoms with Crippen molar-refractivity contribution in [1.82, 2.24) is 25.2 Å². The summed E-state index contributed by atoms with van der Waals surface area (Å²) in [7, 11) is 0. The zero-order valence-electron chi connectivity index (χ0n) is 17.7. The summed E-state index contributed by atoms with van der Waals surface area (Å²) in [5, 5.41) is 12.1. The predicted octanol–water partition coefficient (Wildman–Crippen LogP) is 4.17. The molecule has 0 aliphatic heterocycles. The molecule has 5 rings (SSSR count). The van der Waals surface area contributed by atoms with Crippen LogP contribution in [0.4, 0.5) is 4.39 Å². The van der Waals surface area contributed by atoms with Gasteiger partial charge in [-0.25, -0.2) is 9.07 Å². The number of aromatic nitrogens is 4. The Morgan fingerprint density at radius 1 is 1.10 bits per heavy atom. The molecule has 31 heavy (non-hydrogen) atoms. The molecule has 0 atom stereocenters. The van der Waals surface area contributed by atoms with Crippen LogP contribution in [0.25, 0.3) is 5.69 Å². The van der Waals surface area contributed by atoms with E-state index in [1.54, 1.807) is 23.7 Å². The number of nitrogens with zero attached hydrogens (tertiary/aromatic N) is 4. The summed E-state index contributed by atoms with van der Waals surface area (Å²) in [6, 6.07) is 6.21. The van der Waals surface area contributed by atoms with Gasteiger partial charge in [-0.1, -0.05) is 30.8 Å². The topological polar surface area (TPSA) is 85.8 Å². The van der Waals surface area contributed by atoms with E-state index in [0.29, 0.717) is 17.4 Å². The minimum absolute atomic E-state index is 0.205. The van der Waals surface area contributed by atoms with Gasteiger partial charge in [0.2, 0.25) is 5.89 Å². The Hall–Kier alpha value is -3.03. The number of carbonyl (C=O) groups excluding carboxylic acids is 1. The van der Waals surface area contributed by atoms with Crippen LogP contribution in [0, 0.1) is 12.7 Å². The van der Waals surface area contributed by atoms with Gasteiger partial charge in [-0.15, -0.1) is 0 Å². The lowest BCUT2D eigenvalue weighted by Gasteiger charge is -2.30. The van der Waals surface area contributed by atoms with E-state index in [1.807, 2.05) is 0 Å². The van der Waals surface area contributed by atoms with Crippen molar-refractivity contribution in [3.63, 3.8) is 0 Å². The number of hydrogen-bond acceptors (Lipinski definition) is 5. The van der Waals surface area contributed by atoms with Crippen LogP contribution in [-0.4, -0.2) is 25.8 Å². The number of halogens is 1. The maximum absolute atomic E-state index is 13.5. The monoisotopic (exact) mass is 423 g/mol. The van der Waals surface area contributed by atoms with Crippen molar-refractivity contribution in [2.75, 3.05) is 0 Å². The summed E-state index contributed by atoms with van der Waals surface area (Å²) < 4.78 is 20.4. The largest absolute Gasteiger partial charge is 0.340 e. The summed E-state index contributed by atoms with van der Waals surface area (Å²) >= 11 is 0. The van der Waals surface area contributed by atoms with Crippen LogP contribution >= 0.6 is 0 Å². The van der Waals surface area contributed by atoms with Gasteiger partial charge in [0.15, 0.2) is 11.5 Å². The second-order valence-electron chi connectivity index (χ2n) is 8.60. The summed E-state index contributed by atoms with van der Waals surface area (Å²) in [6.45, 7) is 1.76. The lowest BCUT2D eigenvalue weighted by Crippen LogP contribution is -2.47. The Labute approximate surface area is 180 Å². The van der Waals surface area contributed by atoms with Crippen LogP contribution in [0.1, 0.15) is 78.4 Å². The van der Waals surface area contributed by atoms with E-state index in [0.717, 1.165) is 74.7 Å². The molecule has 0 bridgehead atoms. The zero-order valence-corrected chi connectivity index (χ0v) is 17.7. The molecular weight excluding hydrogens is 397 g/mol. The molecule has 1 saturated carbocycles. The van der Waals surface area contributed by atoms with E-state index < -0.39 is 5.54 Å². The van der Waals surface area contributed by atoms with Crippen molar-refractivity contribution in [1.29, 1.82) is 0 Å². The van der Waals surface area contributed by atoms with Crippen LogP contribution in [0.5, 0.6) is 0 Å². The first-order valence-electron chi connectivity index (χ1n) is 11.1. The van der Waals surface area contributed by atoms with E-state index >= 15 is 0 Å². The SMILES string of the molecule is Cc1nc(C2(NC(=O)c3nn(-c4ccc(F)cc4)c4c3CCC4)CCCCCC2)no1. The third-order valence-electron chi connectivity index (χ3n) is 6.48. The Bertz CT molecular complexity index is 1090. The fourth-order valence-electron chi connectivity index (χ4n) is 4.92. The van der Waals surface area contributed by atoms with Crippen LogP contribution in [0.15, 0.2) is 28.8 Å². The smallest absolute Gasteiger partial charge is 0.272 e. The number of fused-ring (bicyclic) bond motifs is 1. The molecule has 3 aromatic rings. The average Bonchev–Trinajstić information content (AvgIpc) is 3.44. The molecule has 2 heterocycles. The van der Waals surface area contributed by atoms with Gasteiger partial charge in [-0.2, -0.15) is 10.1 Å². The van der Waals surface area contributed by atoms with Crippen LogP contribution in [-0.2, 0) is 18.4 Å². The first-order valence-corrected chi connectivity index (χ1v) is 11.1. The summed E-state index contributed by atoms with van der Waals surface area (Å²) in [4.78, 5) is 18.0. The molecule has 1 amide bonds. The average molecular weight is 423 g/mol. The highest BCUT2D eigenvalue weighted by molar-refractivity contribution is 5.94. The van der Waals surface area contributed by atoms with Crippen LogP contribution in [0.3, 0.4) is 0 Å². The molecule has 1 aromatic carbocycles. The highest BCUT2D eigenvalue weighted by Gasteiger charge is 2.40. The van der Waals surface area contributed by atoms with E-state index in [9.17, 15) is 9.18 Å². The van der Waals surface area contributed by atoms with Crippen molar-refractivity contribution in [2.24, 2.45) is 0 Å². The lowest BCUT2D eigenvalue weighted by molar-refractivity contribution is 0.0870. The quantitative estimate of drug-likeness (QED) is 0.637. The molecule has 2 aliphatic rings. The third kappa shape index (κ3) is 3.64. The van der Waals surface area contributed by atoms with Crippen molar-refractivity contribution < 1.29 is 13.7 Å². The standard InChI is InChI=1S/C23H26FN5O2/c1-15-25-22(28-31-15)23(13-4-2-3-5-14-23)26-21(30)20-18-7-6-8-19(18)29(27-20)17-11-9-16(24)10-12-17/h9-12H,2-8,13-14H2,1H3,(H,26,30). The molecule has 0 saturated heterocycles. The molecule has 2 aromatic heterocycles. The molecule has 1 N–H and O–H groups in total. The zero-order chi connectivity index (χ0) is 21.4. The Kier molecular flexibility index (Phi) is 5.08. The number of carbonyl (C=O) groups is 1. The van der Waals surface area contributed by atoms with Gasteiger partial charge in [0.1, 0.15) is 11.4 Å². The number of aryl methyl sites for hydroxylation is 1. The first kappa shape index (κ1) is 19.9. The van der Waals surface area contributed by atoms with E-state index in [1.165, 1.54) is 12.1 Å². The van der Waals surface area contributed by atoms with Gasteiger partial charge < -0.3 is 9.84 Å². The highest BCUT2D eigenvalue weighted by Crippen LogP contribution is 2.36. The van der Waals surface area contributed by atoms with Gasteiger partial charge in [-0.05, 0) is 56.4 Å². The summed E-state index contributed by atoms with van der Waals surface area (Å²) in [5.74, 6) is 0.545. The number of rotatable bonds is 4. The molecule has 0 spiro atoms. The Balaban J connectivity index is 1.51. The molecule has 2 aliphatic carbocycles. The predicted molar refractivity (Wildman–Crippen MR) is 111 cm³/mol. The number of benzene rings is 1. The summed E-state index contributed by atoms with van der Waals surface area (Å²) in [5.41, 5.74) is 2.57. The van der Waals surface area contributed by atoms with Crippen LogP contribution < -0.4 is 5.32 Å². The maximum Gasteiger partial charge on any atom is 0.272 e. The molecule has 0 radical (unpaired) electrons. The number of hydrogen-bond donors (Lipinski definition) is 1. The van der Waals surface area contributed by atoms with Crippen LogP contribution in [0.2, 0.25) is 0 Å². The minimum Gasteiger partial charge on any atom is -0.340 e. The molecule has 1 fully saturated rings. The van der Waals surface area contributed by atoms with Gasteiger partial charge in [-0.3, -0.25) is 4.79 Å². The number of nitrogens with one attached hydrogen (secondary N) is 1. The third-order valence-corrected chi connectivity index (χ3v) is 6.48. The fraction of sp³-hybridized carbons (Fsp3) is 0.478. The molecule has 7 nitrogen and oxygen atoms in total. The Morgan fingerprint density at radius 2 is 1.84 bits per heavy atom. The lowest BCUT2D eigenvalue weighted by atomic mass is 9.89. The Morgan fingerprint density at radius 3 is 2.52 bits per heavy atom. The second kappa shape index (κ2) is 7.90. The maximum atomic E-state index is 13.5. The van der Waals surface area contributed by atoms with Crippen molar-refractivity contribution in [3.8, 4) is 5.69 Å². The number of amides is 1. The molecule has 0 unspecified atom stereocenters. The van der Waals surface area contributed by atoms with Crippen molar-refractivity contribution >= 4 is 5.91 Å². The summed E-state index contributed by atoms with van der Waals surface area (Å²) in [6.07, 6.45) is 8.44. The van der Waals surface area contributed by atoms with E-state index in [-0.39, 0.29) is 11.7 Å². The first-order chi connectivity index (χ1) is 15.1. The van der Waals surface area contributed by atoms with Gasteiger partial charge in [0.25, 0.3) is 5.91 Å². The van der Waals surface area contributed by atoms with Crippen molar-refractivity contribution in [3.05, 3.63) is 58.7 Å². The minimum atomic E-state index is -0.642. The van der Waals surface area contributed by atoms with Gasteiger partial charge in [0, 0.05) is 18.2 Å². The van der Waals surface area contributed by atoms with Crippen molar-refractivity contribution in [2.45, 2.75) is 70.3 Å². The van der Waals surface area contributed by atoms with E-state index in [2.05, 4.69) is 20.6 Å². The van der Waals surface area contributed by atoms with Gasteiger partial charge in [0.05, 0.1) is 5.69 Å². The molecule has 162 valence electrons. The van der Waals surface area contributed by atoms with E-state index in [4.69, 9.17) is 4.52 Å². The molecule has 8 heteroatoms. The normalized spacial score (nSPS) is 17.9. The highest BCUT2D eigenvalue weighted by atomic mass is 19.1. The fourth-order valence-corrected chi connectivity index (χ4v) is 4.92. The molecular formula is C23H26FN5O2. The second-order valence-corrected chi connectivity index (χ2v) is 8.60.